The van der Waals surface area contributed by atoms with Crippen LogP contribution in [0.5, 0.6) is 5.75 Å². The van der Waals surface area contributed by atoms with E-state index in [1.54, 1.807) is 18.2 Å². The van der Waals surface area contributed by atoms with Gasteiger partial charge in [0.2, 0.25) is 0 Å². The van der Waals surface area contributed by atoms with Crippen molar-refractivity contribution >= 4 is 17.7 Å². The molecular weight excluding hydrogens is 392 g/mol. The minimum atomic E-state index is -0.190. The Kier molecular flexibility index (Phi) is 8.51. The zero-order chi connectivity index (χ0) is 21.9. The predicted octanol–water partition coefficient (Wildman–Crippen LogP) is 2.13. The van der Waals surface area contributed by atoms with Gasteiger partial charge in [-0.25, -0.2) is 4.98 Å². The number of nitrogens with zero attached hydrogens (tertiary/aromatic N) is 3. The summed E-state index contributed by atoms with van der Waals surface area (Å²) < 4.78 is 0. The van der Waals surface area contributed by atoms with E-state index in [2.05, 4.69) is 43.8 Å². The number of aromatic hydroxyl groups is 1. The number of piperidine rings is 1. The van der Waals surface area contributed by atoms with Crippen LogP contribution in [0.3, 0.4) is 0 Å². The van der Waals surface area contributed by atoms with Gasteiger partial charge >= 0.3 is 0 Å². The second kappa shape index (κ2) is 11.8. The SMILES string of the molecule is CCNC(=NCCCNC(=O)c1cccc(O)c1)NC1CCN(c2ccccn2)CC1. The van der Waals surface area contributed by atoms with E-state index in [0.717, 1.165) is 50.7 Å². The fourth-order valence-corrected chi connectivity index (χ4v) is 3.53. The monoisotopic (exact) mass is 424 g/mol. The maximum Gasteiger partial charge on any atom is 0.251 e. The lowest BCUT2D eigenvalue weighted by Crippen LogP contribution is -2.49. The highest BCUT2D eigenvalue weighted by molar-refractivity contribution is 5.94. The molecule has 0 spiro atoms. The molecule has 0 saturated carbocycles. The molecule has 0 bridgehead atoms. The molecule has 1 amide bonds. The number of carbonyl (C=O) groups excluding carboxylic acids is 1. The maximum atomic E-state index is 12.1. The van der Waals surface area contributed by atoms with E-state index >= 15 is 0 Å². The summed E-state index contributed by atoms with van der Waals surface area (Å²) in [5.41, 5.74) is 0.454. The summed E-state index contributed by atoms with van der Waals surface area (Å²) in [4.78, 5) is 23.5. The first-order chi connectivity index (χ1) is 15.2. The number of pyridine rings is 1. The zero-order valence-corrected chi connectivity index (χ0v) is 18.1. The molecule has 166 valence electrons. The molecule has 8 nitrogen and oxygen atoms in total. The number of anilines is 1. The molecule has 1 aromatic carbocycles. The molecule has 0 unspecified atom stereocenters. The molecule has 1 aromatic heterocycles. The Morgan fingerprint density at radius 2 is 2.03 bits per heavy atom. The quantitative estimate of drug-likeness (QED) is 0.294. The number of phenols is 1. The Morgan fingerprint density at radius 1 is 1.19 bits per heavy atom. The fourth-order valence-electron chi connectivity index (χ4n) is 3.53. The molecule has 0 radical (unpaired) electrons. The number of amides is 1. The number of phenolic OH excluding ortho intramolecular Hbond substituents is 1. The van der Waals surface area contributed by atoms with Gasteiger partial charge in [0, 0.05) is 50.5 Å². The van der Waals surface area contributed by atoms with E-state index in [1.807, 2.05) is 18.3 Å². The molecule has 31 heavy (non-hydrogen) atoms. The highest BCUT2D eigenvalue weighted by atomic mass is 16.3. The Balaban J connectivity index is 1.39. The summed E-state index contributed by atoms with van der Waals surface area (Å²) in [6.07, 6.45) is 4.63. The first-order valence-electron chi connectivity index (χ1n) is 10.9. The van der Waals surface area contributed by atoms with Crippen molar-refractivity contribution in [3.8, 4) is 5.75 Å². The number of aliphatic imine (C=N–C) groups is 1. The Hall–Kier alpha value is -3.29. The number of aromatic nitrogens is 1. The van der Waals surface area contributed by atoms with Crippen molar-refractivity contribution in [2.45, 2.75) is 32.2 Å². The van der Waals surface area contributed by atoms with Crippen LogP contribution in [0.25, 0.3) is 0 Å². The van der Waals surface area contributed by atoms with E-state index in [4.69, 9.17) is 0 Å². The summed E-state index contributed by atoms with van der Waals surface area (Å²) in [7, 11) is 0. The van der Waals surface area contributed by atoms with Crippen LogP contribution in [0.4, 0.5) is 5.82 Å². The van der Waals surface area contributed by atoms with Crippen LogP contribution in [0.1, 0.15) is 36.5 Å². The van der Waals surface area contributed by atoms with E-state index in [1.165, 1.54) is 6.07 Å². The smallest absolute Gasteiger partial charge is 0.251 e. The molecule has 1 fully saturated rings. The zero-order valence-electron chi connectivity index (χ0n) is 18.1. The molecular formula is C23H32N6O2. The number of guanidine groups is 1. The van der Waals surface area contributed by atoms with Crippen molar-refractivity contribution in [1.82, 2.24) is 20.9 Å². The summed E-state index contributed by atoms with van der Waals surface area (Å²) in [6.45, 7) is 5.93. The van der Waals surface area contributed by atoms with Gasteiger partial charge in [-0.1, -0.05) is 12.1 Å². The number of benzene rings is 1. The molecule has 8 heteroatoms. The molecule has 0 aliphatic carbocycles. The molecule has 0 atom stereocenters. The van der Waals surface area contributed by atoms with Gasteiger partial charge < -0.3 is 26.0 Å². The van der Waals surface area contributed by atoms with Crippen LogP contribution in [0.2, 0.25) is 0 Å². The van der Waals surface area contributed by atoms with Crippen molar-refractivity contribution in [2.75, 3.05) is 37.6 Å². The first kappa shape index (κ1) is 22.4. The second-order valence-electron chi connectivity index (χ2n) is 7.51. The molecule has 2 aromatic rings. The minimum Gasteiger partial charge on any atom is -0.508 e. The van der Waals surface area contributed by atoms with Gasteiger partial charge in [0.05, 0.1) is 0 Å². The van der Waals surface area contributed by atoms with Gasteiger partial charge in [0.15, 0.2) is 5.96 Å². The third-order valence-corrected chi connectivity index (χ3v) is 5.15. The summed E-state index contributed by atoms with van der Waals surface area (Å²) in [5, 5.41) is 19.2. The Bertz CT molecular complexity index is 850. The van der Waals surface area contributed by atoms with Crippen LogP contribution in [0, 0.1) is 0 Å². The minimum absolute atomic E-state index is 0.0875. The lowest BCUT2D eigenvalue weighted by Gasteiger charge is -2.33. The normalized spacial score (nSPS) is 14.9. The molecule has 2 heterocycles. The van der Waals surface area contributed by atoms with E-state index in [0.29, 0.717) is 24.7 Å². The summed E-state index contributed by atoms with van der Waals surface area (Å²) >= 11 is 0. The van der Waals surface area contributed by atoms with Crippen molar-refractivity contribution in [3.05, 3.63) is 54.2 Å². The van der Waals surface area contributed by atoms with E-state index in [-0.39, 0.29) is 11.7 Å². The molecule has 1 saturated heterocycles. The van der Waals surface area contributed by atoms with Gasteiger partial charge in [-0.15, -0.1) is 0 Å². The Labute approximate surface area is 183 Å². The van der Waals surface area contributed by atoms with Gasteiger partial charge in [0.1, 0.15) is 11.6 Å². The number of carbonyl (C=O) groups is 1. The van der Waals surface area contributed by atoms with Gasteiger partial charge in [-0.05, 0) is 56.5 Å². The number of rotatable bonds is 8. The van der Waals surface area contributed by atoms with Crippen LogP contribution in [-0.4, -0.2) is 60.7 Å². The first-order valence-corrected chi connectivity index (χ1v) is 10.9. The van der Waals surface area contributed by atoms with Gasteiger partial charge in [-0.3, -0.25) is 9.79 Å². The van der Waals surface area contributed by atoms with Gasteiger partial charge in [0.25, 0.3) is 5.91 Å². The highest BCUT2D eigenvalue weighted by Crippen LogP contribution is 2.17. The molecule has 3 rings (SSSR count). The second-order valence-corrected chi connectivity index (χ2v) is 7.51. The van der Waals surface area contributed by atoms with Crippen LogP contribution >= 0.6 is 0 Å². The lowest BCUT2D eigenvalue weighted by atomic mass is 10.1. The largest absolute Gasteiger partial charge is 0.508 e. The number of hydrogen-bond acceptors (Lipinski definition) is 5. The van der Waals surface area contributed by atoms with E-state index in [9.17, 15) is 9.90 Å². The average molecular weight is 425 g/mol. The molecule has 4 N–H and O–H groups in total. The topological polar surface area (TPSA) is 102 Å². The summed E-state index contributed by atoms with van der Waals surface area (Å²) in [6, 6.07) is 12.7. The van der Waals surface area contributed by atoms with Crippen molar-refractivity contribution < 1.29 is 9.90 Å². The number of nitrogens with one attached hydrogen (secondary N) is 3. The third kappa shape index (κ3) is 7.16. The highest BCUT2D eigenvalue weighted by Gasteiger charge is 2.20. The van der Waals surface area contributed by atoms with Crippen molar-refractivity contribution in [3.63, 3.8) is 0 Å². The van der Waals surface area contributed by atoms with Gasteiger partial charge in [-0.2, -0.15) is 0 Å². The molecule has 1 aliphatic rings. The maximum absolute atomic E-state index is 12.1. The summed E-state index contributed by atoms with van der Waals surface area (Å²) in [5.74, 6) is 1.75. The van der Waals surface area contributed by atoms with E-state index < -0.39 is 0 Å². The predicted molar refractivity (Wildman–Crippen MR) is 124 cm³/mol. The Morgan fingerprint density at radius 3 is 2.74 bits per heavy atom. The van der Waals surface area contributed by atoms with Crippen LogP contribution in [0.15, 0.2) is 53.7 Å². The van der Waals surface area contributed by atoms with Crippen LogP contribution in [-0.2, 0) is 0 Å². The molecule has 1 aliphatic heterocycles. The number of hydrogen-bond donors (Lipinski definition) is 4. The fraction of sp³-hybridized carbons (Fsp3) is 0.435. The average Bonchev–Trinajstić information content (AvgIpc) is 2.80. The van der Waals surface area contributed by atoms with Crippen molar-refractivity contribution in [2.24, 2.45) is 4.99 Å². The lowest BCUT2D eigenvalue weighted by molar-refractivity contribution is 0.0953. The van der Waals surface area contributed by atoms with Crippen LogP contribution < -0.4 is 20.9 Å². The standard InChI is InChI=1S/C23H32N6O2/c1-2-24-23(27-14-6-13-26-22(31)18-7-5-8-20(30)17-18)28-19-10-15-29(16-11-19)21-9-3-4-12-25-21/h3-5,7-9,12,17,19,30H,2,6,10-11,13-16H2,1H3,(H,26,31)(H2,24,27,28). The van der Waals surface area contributed by atoms with Crippen molar-refractivity contribution in [1.29, 1.82) is 0 Å². The third-order valence-electron chi connectivity index (χ3n) is 5.15.